The van der Waals surface area contributed by atoms with Gasteiger partial charge in [-0.3, -0.25) is 0 Å². The van der Waals surface area contributed by atoms with Gasteiger partial charge in [0, 0.05) is 5.88 Å². The van der Waals surface area contributed by atoms with Crippen molar-refractivity contribution in [2.75, 3.05) is 5.88 Å². The van der Waals surface area contributed by atoms with Gasteiger partial charge in [0.25, 0.3) is 0 Å². The third-order valence-electron chi connectivity index (χ3n) is 1.70. The topological polar surface area (TPSA) is 29.4 Å². The minimum absolute atomic E-state index is 0.402. The molecule has 1 rings (SSSR count). The fourth-order valence-corrected chi connectivity index (χ4v) is 1.33. The molecule has 0 aliphatic heterocycles. The fraction of sp³-hybridized carbons (Fsp3) is 0.300. The number of alkyl halides is 1. The Kier molecular flexibility index (Phi) is 4.24. The highest BCUT2D eigenvalue weighted by atomic mass is 35.5. The summed E-state index contributed by atoms with van der Waals surface area (Å²) in [4.78, 5) is 13.4. The summed E-state index contributed by atoms with van der Waals surface area (Å²) in [5, 5.41) is 0. The Labute approximate surface area is 82.3 Å². The molecule has 0 fully saturated rings. The van der Waals surface area contributed by atoms with Crippen LogP contribution >= 0.6 is 11.6 Å². The molecule has 0 bridgehead atoms. The van der Waals surface area contributed by atoms with Gasteiger partial charge >= 0.3 is 0 Å². The smallest absolute Gasteiger partial charge is 0.211 e. The van der Waals surface area contributed by atoms with Gasteiger partial charge in [0.2, 0.25) is 6.08 Å². The lowest BCUT2D eigenvalue weighted by molar-refractivity contribution is 0.563. The number of nitrogens with zero attached hydrogens (tertiary/aromatic N) is 1. The zero-order valence-corrected chi connectivity index (χ0v) is 7.92. The number of isocyanates is 1. The van der Waals surface area contributed by atoms with Gasteiger partial charge in [-0.1, -0.05) is 24.3 Å². The van der Waals surface area contributed by atoms with Gasteiger partial charge in [0.05, 0.1) is 6.54 Å². The molecular weight excluding hydrogens is 186 g/mol. The maximum Gasteiger partial charge on any atom is 0.235 e. The molecular formula is C10H10ClNO. The van der Waals surface area contributed by atoms with Crippen LogP contribution in [-0.4, -0.2) is 12.0 Å². The molecule has 2 nitrogen and oxygen atoms in total. The molecule has 0 N–H and O–H groups in total. The molecule has 0 saturated heterocycles. The molecule has 0 saturated carbocycles. The van der Waals surface area contributed by atoms with Crippen molar-refractivity contribution in [2.45, 2.75) is 13.0 Å². The lowest BCUT2D eigenvalue weighted by atomic mass is 10.1. The van der Waals surface area contributed by atoms with E-state index >= 15 is 0 Å². The third-order valence-corrected chi connectivity index (χ3v) is 1.89. The van der Waals surface area contributed by atoms with Gasteiger partial charge in [-0.2, -0.15) is 0 Å². The van der Waals surface area contributed by atoms with Crippen molar-refractivity contribution in [3.63, 3.8) is 0 Å². The van der Waals surface area contributed by atoms with E-state index in [1.54, 1.807) is 0 Å². The van der Waals surface area contributed by atoms with Crippen LogP contribution in [0.1, 0.15) is 11.1 Å². The Hall–Kier alpha value is -1.11. The van der Waals surface area contributed by atoms with E-state index in [0.29, 0.717) is 12.4 Å². The van der Waals surface area contributed by atoms with Gasteiger partial charge in [0.1, 0.15) is 0 Å². The Balaban J connectivity index is 2.72. The highest BCUT2D eigenvalue weighted by Gasteiger charge is 1.94. The van der Waals surface area contributed by atoms with Crippen LogP contribution in [0.2, 0.25) is 0 Å². The van der Waals surface area contributed by atoms with E-state index < -0.39 is 0 Å². The number of aryl methyl sites for hydroxylation is 1. The largest absolute Gasteiger partial charge is 0.235 e. The van der Waals surface area contributed by atoms with Crippen molar-refractivity contribution in [3.05, 3.63) is 35.4 Å². The predicted molar refractivity (Wildman–Crippen MR) is 52.7 cm³/mol. The van der Waals surface area contributed by atoms with E-state index in [-0.39, 0.29) is 0 Å². The van der Waals surface area contributed by atoms with Crippen LogP contribution < -0.4 is 0 Å². The zero-order chi connectivity index (χ0) is 9.52. The summed E-state index contributed by atoms with van der Waals surface area (Å²) in [5.41, 5.74) is 2.19. The monoisotopic (exact) mass is 195 g/mol. The Morgan fingerprint density at radius 3 is 2.85 bits per heavy atom. The van der Waals surface area contributed by atoms with Crippen molar-refractivity contribution in [2.24, 2.45) is 4.99 Å². The van der Waals surface area contributed by atoms with Crippen molar-refractivity contribution in [1.29, 1.82) is 0 Å². The first-order valence-corrected chi connectivity index (χ1v) is 4.57. The number of halogens is 1. The summed E-state index contributed by atoms with van der Waals surface area (Å²) in [6, 6.07) is 7.88. The van der Waals surface area contributed by atoms with E-state index in [0.717, 1.165) is 12.0 Å². The molecule has 0 unspecified atom stereocenters. The Morgan fingerprint density at radius 1 is 1.38 bits per heavy atom. The van der Waals surface area contributed by atoms with Crippen LogP contribution in [0.15, 0.2) is 29.3 Å². The predicted octanol–water partition coefficient (Wildman–Crippen LogP) is 2.30. The second-order valence-electron chi connectivity index (χ2n) is 2.67. The van der Waals surface area contributed by atoms with Gasteiger partial charge in [-0.25, -0.2) is 9.79 Å². The molecule has 68 valence electrons. The molecule has 0 amide bonds. The number of benzene rings is 1. The van der Waals surface area contributed by atoms with Gasteiger partial charge in [0.15, 0.2) is 0 Å². The average molecular weight is 196 g/mol. The SMILES string of the molecule is O=C=NCc1cccc(CCCl)c1. The van der Waals surface area contributed by atoms with Crippen molar-refractivity contribution in [1.82, 2.24) is 0 Å². The number of rotatable bonds is 4. The van der Waals surface area contributed by atoms with E-state index in [2.05, 4.69) is 4.99 Å². The number of hydrogen-bond donors (Lipinski definition) is 0. The van der Waals surface area contributed by atoms with Crippen LogP contribution in [0.4, 0.5) is 0 Å². The first kappa shape index (κ1) is 9.97. The maximum absolute atomic E-state index is 9.88. The molecule has 0 heterocycles. The van der Waals surface area contributed by atoms with Crippen molar-refractivity contribution in [3.8, 4) is 0 Å². The highest BCUT2D eigenvalue weighted by molar-refractivity contribution is 6.17. The molecule has 13 heavy (non-hydrogen) atoms. The summed E-state index contributed by atoms with van der Waals surface area (Å²) in [7, 11) is 0. The maximum atomic E-state index is 9.88. The van der Waals surface area contributed by atoms with Crippen LogP contribution in [0.25, 0.3) is 0 Å². The summed E-state index contributed by atoms with van der Waals surface area (Å²) in [6.45, 7) is 0.402. The standard InChI is InChI=1S/C10H10ClNO/c11-5-4-9-2-1-3-10(6-9)7-12-8-13/h1-3,6H,4-5,7H2. The van der Waals surface area contributed by atoms with Crippen molar-refractivity contribution < 1.29 is 4.79 Å². The fourth-order valence-electron chi connectivity index (χ4n) is 1.12. The lowest BCUT2D eigenvalue weighted by Crippen LogP contribution is -1.88. The van der Waals surface area contributed by atoms with Gasteiger partial charge in [-0.15, -0.1) is 11.6 Å². The first-order chi connectivity index (χ1) is 6.36. The molecule has 0 atom stereocenters. The highest BCUT2D eigenvalue weighted by Crippen LogP contribution is 2.07. The molecule has 0 radical (unpaired) electrons. The van der Waals surface area contributed by atoms with Gasteiger partial charge in [-0.05, 0) is 17.5 Å². The molecule has 0 aliphatic rings. The zero-order valence-electron chi connectivity index (χ0n) is 7.16. The number of hydrogen-bond acceptors (Lipinski definition) is 2. The normalized spacial score (nSPS) is 9.31. The summed E-state index contributed by atoms with van der Waals surface area (Å²) < 4.78 is 0. The second-order valence-corrected chi connectivity index (χ2v) is 3.04. The van der Waals surface area contributed by atoms with Crippen molar-refractivity contribution >= 4 is 17.7 Å². The molecule has 0 aromatic heterocycles. The average Bonchev–Trinajstić information content (AvgIpc) is 2.16. The molecule has 1 aromatic rings. The van der Waals surface area contributed by atoms with E-state index in [4.69, 9.17) is 11.6 Å². The minimum Gasteiger partial charge on any atom is -0.211 e. The molecule has 0 spiro atoms. The van der Waals surface area contributed by atoms with Crippen LogP contribution in [0, 0.1) is 0 Å². The van der Waals surface area contributed by atoms with Crippen LogP contribution in [0.3, 0.4) is 0 Å². The summed E-state index contributed by atoms with van der Waals surface area (Å²) in [6.07, 6.45) is 2.36. The molecule has 3 heteroatoms. The Morgan fingerprint density at radius 2 is 2.15 bits per heavy atom. The van der Waals surface area contributed by atoms with Crippen LogP contribution in [0.5, 0.6) is 0 Å². The molecule has 1 aromatic carbocycles. The minimum atomic E-state index is 0.402. The third kappa shape index (κ3) is 3.41. The quantitative estimate of drug-likeness (QED) is 0.412. The number of carbonyl (C=O) groups excluding carboxylic acids is 1. The van der Waals surface area contributed by atoms with Gasteiger partial charge < -0.3 is 0 Å². The summed E-state index contributed by atoms with van der Waals surface area (Å²) in [5.74, 6) is 0.612. The first-order valence-electron chi connectivity index (χ1n) is 4.04. The van der Waals surface area contributed by atoms with Crippen LogP contribution in [-0.2, 0) is 17.8 Å². The number of aliphatic imine (C=N–C) groups is 1. The summed E-state index contributed by atoms with van der Waals surface area (Å²) >= 11 is 5.61. The molecule has 0 aliphatic carbocycles. The lowest BCUT2D eigenvalue weighted by Gasteiger charge is -1.99. The second kappa shape index (κ2) is 5.52. The van der Waals surface area contributed by atoms with E-state index in [1.165, 1.54) is 11.6 Å². The van der Waals surface area contributed by atoms with E-state index in [9.17, 15) is 4.79 Å². The van der Waals surface area contributed by atoms with E-state index in [1.807, 2.05) is 24.3 Å². The Bertz CT molecular complexity index is 318.